The van der Waals surface area contributed by atoms with Crippen LogP contribution >= 0.6 is 14.5 Å². The van der Waals surface area contributed by atoms with Crippen LogP contribution in [0.25, 0.3) is 0 Å². The molecule has 26 heavy (non-hydrogen) atoms. The van der Waals surface area contributed by atoms with Crippen molar-refractivity contribution < 1.29 is 9.59 Å². The molecular formula is C18H22N4O2P2. The maximum atomic E-state index is 12.7. The molecule has 0 atom stereocenters. The van der Waals surface area contributed by atoms with Crippen molar-refractivity contribution in [1.82, 2.24) is 18.7 Å². The first kappa shape index (κ1) is 17.3. The molecule has 2 aliphatic rings. The van der Waals surface area contributed by atoms with Crippen molar-refractivity contribution in [2.24, 2.45) is 0 Å². The molecular weight excluding hydrogens is 366 g/mol. The molecule has 2 fully saturated rings. The predicted molar refractivity (Wildman–Crippen MR) is 108 cm³/mol. The SMILES string of the molecule is CN1C(=O)N(C)P12(P(c1ccccc1)c1ccccc1)N(C)C(=O)N2C. The molecule has 6 nitrogen and oxygen atoms in total. The number of nitrogens with zero attached hydrogens (tertiary/aromatic N) is 4. The second-order valence-corrected chi connectivity index (χ2v) is 15.7. The fraction of sp³-hybridized carbons (Fsp3) is 0.222. The Kier molecular flexibility index (Phi) is 3.60. The third-order valence-electron chi connectivity index (χ3n) is 5.61. The Bertz CT molecular complexity index is 790. The van der Waals surface area contributed by atoms with E-state index in [-0.39, 0.29) is 12.1 Å². The van der Waals surface area contributed by atoms with E-state index in [4.69, 9.17) is 0 Å². The van der Waals surface area contributed by atoms with Crippen LogP contribution in [-0.4, -0.2) is 58.9 Å². The molecule has 0 radical (unpaired) electrons. The topological polar surface area (TPSA) is 47.1 Å². The van der Waals surface area contributed by atoms with Gasteiger partial charge in [-0.05, 0) is 0 Å². The number of carbonyl (C=O) groups is 2. The van der Waals surface area contributed by atoms with E-state index in [1.807, 2.05) is 83.3 Å². The maximum absolute atomic E-state index is 12.7. The van der Waals surface area contributed by atoms with Crippen LogP contribution in [0.4, 0.5) is 9.59 Å². The van der Waals surface area contributed by atoms with E-state index < -0.39 is 14.5 Å². The van der Waals surface area contributed by atoms with Crippen LogP contribution in [0.5, 0.6) is 0 Å². The van der Waals surface area contributed by atoms with Gasteiger partial charge in [-0.2, -0.15) is 0 Å². The van der Waals surface area contributed by atoms with Crippen molar-refractivity contribution in [3.8, 4) is 0 Å². The van der Waals surface area contributed by atoms with Gasteiger partial charge >= 0.3 is 154 Å². The summed E-state index contributed by atoms with van der Waals surface area (Å²) in [7, 11) is 6.31. The Morgan fingerprint density at radius 3 is 1.23 bits per heavy atom. The monoisotopic (exact) mass is 388 g/mol. The fourth-order valence-electron chi connectivity index (χ4n) is 4.40. The second-order valence-electron chi connectivity index (χ2n) is 6.54. The molecule has 8 heteroatoms. The van der Waals surface area contributed by atoms with Gasteiger partial charge in [-0.25, -0.2) is 0 Å². The third-order valence-corrected chi connectivity index (χ3v) is 19.6. The Balaban J connectivity index is 2.06. The molecule has 2 saturated heterocycles. The average molecular weight is 388 g/mol. The Morgan fingerprint density at radius 2 is 0.923 bits per heavy atom. The van der Waals surface area contributed by atoms with Crippen molar-refractivity contribution in [3.05, 3.63) is 60.7 Å². The van der Waals surface area contributed by atoms with Crippen molar-refractivity contribution in [2.45, 2.75) is 0 Å². The van der Waals surface area contributed by atoms with E-state index in [0.29, 0.717) is 0 Å². The van der Waals surface area contributed by atoms with Crippen molar-refractivity contribution in [2.75, 3.05) is 28.2 Å². The molecule has 0 aliphatic carbocycles. The molecule has 2 aromatic rings. The quantitative estimate of drug-likeness (QED) is 0.758. The van der Waals surface area contributed by atoms with Gasteiger partial charge in [0.05, 0.1) is 0 Å². The minimum atomic E-state index is -3.30. The van der Waals surface area contributed by atoms with Gasteiger partial charge in [0.1, 0.15) is 0 Å². The van der Waals surface area contributed by atoms with Crippen molar-refractivity contribution >= 4 is 37.2 Å². The number of amides is 4. The molecule has 0 aromatic heterocycles. The summed E-state index contributed by atoms with van der Waals surface area (Å²) in [6, 6.07) is 20.4. The van der Waals surface area contributed by atoms with Gasteiger partial charge < -0.3 is 0 Å². The van der Waals surface area contributed by atoms with Gasteiger partial charge in [-0.3, -0.25) is 0 Å². The van der Waals surface area contributed by atoms with Gasteiger partial charge in [0, 0.05) is 0 Å². The Morgan fingerprint density at radius 1 is 0.615 bits per heavy atom. The first-order chi connectivity index (χ1) is 12.4. The molecule has 0 saturated carbocycles. The number of urea groups is 2. The van der Waals surface area contributed by atoms with Crippen LogP contribution in [0, 0.1) is 0 Å². The average Bonchev–Trinajstić information content (AvgIpc) is 2.71. The van der Waals surface area contributed by atoms with E-state index in [1.54, 1.807) is 0 Å². The zero-order valence-electron chi connectivity index (χ0n) is 15.3. The fourth-order valence-corrected chi connectivity index (χ4v) is 18.9. The summed E-state index contributed by atoms with van der Waals surface area (Å²) >= 11 is 0. The zero-order valence-corrected chi connectivity index (χ0v) is 17.1. The molecule has 2 heterocycles. The summed E-state index contributed by atoms with van der Waals surface area (Å²) in [6.07, 6.45) is 0. The second kappa shape index (κ2) is 5.42. The molecule has 136 valence electrons. The summed E-state index contributed by atoms with van der Waals surface area (Å²) in [5.41, 5.74) is 0. The summed E-state index contributed by atoms with van der Waals surface area (Å²) in [5, 5.41) is 2.31. The van der Waals surface area contributed by atoms with E-state index >= 15 is 0 Å². The van der Waals surface area contributed by atoms with Crippen molar-refractivity contribution in [3.63, 3.8) is 0 Å². The summed E-state index contributed by atoms with van der Waals surface area (Å²) in [6.45, 7) is -3.30. The van der Waals surface area contributed by atoms with E-state index in [1.165, 1.54) is 0 Å². The zero-order chi connectivity index (χ0) is 18.7. The van der Waals surface area contributed by atoms with Crippen LogP contribution in [0.2, 0.25) is 0 Å². The van der Waals surface area contributed by atoms with E-state index in [2.05, 4.69) is 24.3 Å². The van der Waals surface area contributed by atoms with E-state index in [9.17, 15) is 9.59 Å². The first-order valence-corrected chi connectivity index (χ1v) is 12.5. The Hall–Kier alpha value is -2.16. The summed E-state index contributed by atoms with van der Waals surface area (Å²) in [4.78, 5) is 25.3. The molecule has 4 rings (SSSR count). The number of hydrogen-bond donors (Lipinski definition) is 0. The normalized spacial score (nSPS) is 22.1. The number of benzene rings is 2. The van der Waals surface area contributed by atoms with Gasteiger partial charge in [-0.15, -0.1) is 0 Å². The minimum absolute atomic E-state index is 0.0479. The molecule has 1 spiro atoms. The molecule has 4 amide bonds. The standard InChI is InChI=1S/C18H22N4O2P2/c1-19-17(23)20(2)26(19,21(3)18(24)22(26)4)25(15-11-7-5-8-12-15)16-13-9-6-10-14-16/h5-14H,1-4H3. The number of rotatable bonds is 3. The molecule has 0 bridgehead atoms. The van der Waals surface area contributed by atoms with Gasteiger partial charge in [0.25, 0.3) is 0 Å². The van der Waals surface area contributed by atoms with Crippen molar-refractivity contribution in [1.29, 1.82) is 0 Å². The Labute approximate surface area is 154 Å². The summed E-state index contributed by atoms with van der Waals surface area (Å²) in [5.74, 6) is 0. The molecule has 2 aliphatic heterocycles. The molecule has 0 N–H and O–H groups in total. The third kappa shape index (κ3) is 1.57. The van der Waals surface area contributed by atoms with Crippen LogP contribution in [0.3, 0.4) is 0 Å². The molecule has 0 unspecified atom stereocenters. The van der Waals surface area contributed by atoms with E-state index in [0.717, 1.165) is 10.6 Å². The van der Waals surface area contributed by atoms with Gasteiger partial charge in [0.15, 0.2) is 0 Å². The van der Waals surface area contributed by atoms with Gasteiger partial charge in [-0.1, -0.05) is 0 Å². The van der Waals surface area contributed by atoms with Gasteiger partial charge in [0.2, 0.25) is 0 Å². The number of carbonyl (C=O) groups excluding carboxylic acids is 2. The predicted octanol–water partition coefficient (Wildman–Crippen LogP) is 3.24. The van der Waals surface area contributed by atoms with Crippen LogP contribution in [0.1, 0.15) is 0 Å². The summed E-state index contributed by atoms with van der Waals surface area (Å²) < 4.78 is 7.33. The van der Waals surface area contributed by atoms with Crippen LogP contribution in [-0.2, 0) is 0 Å². The van der Waals surface area contributed by atoms with Crippen LogP contribution < -0.4 is 10.6 Å². The van der Waals surface area contributed by atoms with Crippen LogP contribution in [0.15, 0.2) is 60.7 Å². The number of hydrogen-bond acceptors (Lipinski definition) is 2. The molecule has 2 aromatic carbocycles. The first-order valence-electron chi connectivity index (χ1n) is 8.36.